The van der Waals surface area contributed by atoms with Crippen LogP contribution in [-0.4, -0.2) is 5.91 Å². The Morgan fingerprint density at radius 2 is 1.67 bits per heavy atom. The first-order chi connectivity index (χ1) is 11.7. The molecule has 0 radical (unpaired) electrons. The zero-order valence-electron chi connectivity index (χ0n) is 13.5. The standard InChI is InChI=1S/C22H17NO/c1-15-11-12-20-16(13-15)14-22(17-7-3-2-4-8-17)19-10-6-5-9-18(19)21(24)23(20)22/h2-13H,14H2,1H3/t22-/m0/s1. The number of benzene rings is 3. The minimum atomic E-state index is -0.412. The number of nitrogens with zero attached hydrogens (tertiary/aromatic N) is 1. The molecule has 0 spiro atoms. The highest BCUT2D eigenvalue weighted by molar-refractivity contribution is 6.14. The Kier molecular flexibility index (Phi) is 2.58. The van der Waals surface area contributed by atoms with E-state index in [9.17, 15) is 4.79 Å². The number of amides is 1. The molecule has 116 valence electrons. The summed E-state index contributed by atoms with van der Waals surface area (Å²) in [4.78, 5) is 15.2. The second-order valence-electron chi connectivity index (χ2n) is 6.72. The van der Waals surface area contributed by atoms with E-state index in [2.05, 4.69) is 55.5 Å². The summed E-state index contributed by atoms with van der Waals surface area (Å²) in [6, 6.07) is 24.9. The lowest BCUT2D eigenvalue weighted by molar-refractivity contribution is 0.0986. The first kappa shape index (κ1) is 13.6. The fourth-order valence-corrected chi connectivity index (χ4v) is 4.38. The van der Waals surface area contributed by atoms with Gasteiger partial charge in [0.1, 0.15) is 5.54 Å². The number of aryl methyl sites for hydroxylation is 1. The maximum atomic E-state index is 13.2. The molecule has 1 amide bonds. The smallest absolute Gasteiger partial charge is 0.259 e. The molecule has 24 heavy (non-hydrogen) atoms. The van der Waals surface area contributed by atoms with Crippen molar-refractivity contribution in [1.29, 1.82) is 0 Å². The van der Waals surface area contributed by atoms with Crippen molar-refractivity contribution in [3.63, 3.8) is 0 Å². The maximum Gasteiger partial charge on any atom is 0.259 e. The topological polar surface area (TPSA) is 20.3 Å². The quantitative estimate of drug-likeness (QED) is 0.650. The summed E-state index contributed by atoms with van der Waals surface area (Å²) in [5, 5.41) is 0. The molecule has 0 saturated carbocycles. The zero-order chi connectivity index (χ0) is 16.3. The van der Waals surface area contributed by atoms with E-state index in [1.807, 2.05) is 29.2 Å². The van der Waals surface area contributed by atoms with Gasteiger partial charge in [-0.3, -0.25) is 9.69 Å². The van der Waals surface area contributed by atoms with Gasteiger partial charge in [-0.15, -0.1) is 0 Å². The molecule has 0 bridgehead atoms. The number of fused-ring (bicyclic) bond motifs is 5. The molecule has 0 saturated heterocycles. The molecule has 3 aromatic rings. The summed E-state index contributed by atoms with van der Waals surface area (Å²) in [6.07, 6.45) is 0.830. The monoisotopic (exact) mass is 311 g/mol. The summed E-state index contributed by atoms with van der Waals surface area (Å²) in [5.41, 5.74) is 6.25. The van der Waals surface area contributed by atoms with Crippen molar-refractivity contribution in [3.8, 4) is 0 Å². The van der Waals surface area contributed by atoms with Crippen molar-refractivity contribution < 1.29 is 4.79 Å². The van der Waals surface area contributed by atoms with Gasteiger partial charge in [0.15, 0.2) is 0 Å². The van der Waals surface area contributed by atoms with Crippen LogP contribution in [0, 0.1) is 6.92 Å². The highest BCUT2D eigenvalue weighted by atomic mass is 16.2. The molecular formula is C22H17NO. The van der Waals surface area contributed by atoms with Gasteiger partial charge in [-0.1, -0.05) is 66.2 Å². The Morgan fingerprint density at radius 1 is 0.917 bits per heavy atom. The van der Waals surface area contributed by atoms with E-state index in [-0.39, 0.29) is 5.91 Å². The van der Waals surface area contributed by atoms with Crippen LogP contribution in [0.4, 0.5) is 5.69 Å². The summed E-state index contributed by atoms with van der Waals surface area (Å²) < 4.78 is 0. The molecule has 0 N–H and O–H groups in total. The van der Waals surface area contributed by atoms with E-state index in [0.717, 1.165) is 23.2 Å². The van der Waals surface area contributed by atoms with Gasteiger partial charge < -0.3 is 0 Å². The van der Waals surface area contributed by atoms with Crippen LogP contribution in [0.5, 0.6) is 0 Å². The van der Waals surface area contributed by atoms with Crippen molar-refractivity contribution in [3.05, 3.63) is 101 Å². The minimum Gasteiger partial charge on any atom is -0.293 e. The largest absolute Gasteiger partial charge is 0.293 e. The Morgan fingerprint density at radius 3 is 2.50 bits per heavy atom. The van der Waals surface area contributed by atoms with E-state index in [1.54, 1.807) is 0 Å². The SMILES string of the molecule is Cc1ccc2c(c1)C[C@]1(c3ccccc3)c3ccccc3C(=O)N21. The molecule has 2 aliphatic rings. The van der Waals surface area contributed by atoms with Crippen LogP contribution in [0.1, 0.15) is 32.6 Å². The van der Waals surface area contributed by atoms with Crippen LogP contribution >= 0.6 is 0 Å². The molecule has 2 nitrogen and oxygen atoms in total. The first-order valence-electron chi connectivity index (χ1n) is 8.31. The van der Waals surface area contributed by atoms with Gasteiger partial charge in [-0.05, 0) is 35.7 Å². The predicted octanol–water partition coefficient (Wildman–Crippen LogP) is 4.46. The van der Waals surface area contributed by atoms with Crippen molar-refractivity contribution in [2.45, 2.75) is 18.9 Å². The molecule has 1 atom stereocenters. The van der Waals surface area contributed by atoms with E-state index < -0.39 is 5.54 Å². The van der Waals surface area contributed by atoms with E-state index in [4.69, 9.17) is 0 Å². The predicted molar refractivity (Wildman–Crippen MR) is 95.4 cm³/mol. The summed E-state index contributed by atoms with van der Waals surface area (Å²) in [6.45, 7) is 2.11. The number of hydrogen-bond donors (Lipinski definition) is 0. The lowest BCUT2D eigenvalue weighted by Gasteiger charge is -2.34. The Balaban J connectivity index is 1.85. The number of rotatable bonds is 1. The second kappa shape index (κ2) is 4.57. The van der Waals surface area contributed by atoms with Gasteiger partial charge in [0.2, 0.25) is 0 Å². The molecule has 0 fully saturated rings. The Labute approximate surface area is 141 Å². The van der Waals surface area contributed by atoms with Crippen molar-refractivity contribution >= 4 is 11.6 Å². The Hall–Kier alpha value is -2.87. The lowest BCUT2D eigenvalue weighted by atomic mass is 9.80. The summed E-state index contributed by atoms with van der Waals surface area (Å²) in [7, 11) is 0. The van der Waals surface area contributed by atoms with Crippen LogP contribution in [0.25, 0.3) is 0 Å². The molecule has 3 aromatic carbocycles. The lowest BCUT2D eigenvalue weighted by Crippen LogP contribution is -2.42. The summed E-state index contributed by atoms with van der Waals surface area (Å²) in [5.74, 6) is 0.108. The van der Waals surface area contributed by atoms with E-state index >= 15 is 0 Å². The van der Waals surface area contributed by atoms with Crippen molar-refractivity contribution in [2.24, 2.45) is 0 Å². The van der Waals surface area contributed by atoms with Crippen LogP contribution in [0.2, 0.25) is 0 Å². The van der Waals surface area contributed by atoms with Gasteiger partial charge in [0.25, 0.3) is 5.91 Å². The van der Waals surface area contributed by atoms with Crippen LogP contribution in [-0.2, 0) is 12.0 Å². The van der Waals surface area contributed by atoms with Crippen molar-refractivity contribution in [2.75, 3.05) is 4.90 Å². The average molecular weight is 311 g/mol. The summed E-state index contributed by atoms with van der Waals surface area (Å²) >= 11 is 0. The molecule has 0 aliphatic carbocycles. The van der Waals surface area contributed by atoms with Crippen LogP contribution in [0.3, 0.4) is 0 Å². The minimum absolute atomic E-state index is 0.108. The molecule has 2 heterocycles. The number of carbonyl (C=O) groups excluding carboxylic acids is 1. The molecule has 2 aliphatic heterocycles. The maximum absolute atomic E-state index is 13.2. The molecular weight excluding hydrogens is 294 g/mol. The highest BCUT2D eigenvalue weighted by Crippen LogP contribution is 2.54. The first-order valence-corrected chi connectivity index (χ1v) is 8.31. The third kappa shape index (κ3) is 1.53. The molecule has 2 heteroatoms. The van der Waals surface area contributed by atoms with Gasteiger partial charge >= 0.3 is 0 Å². The fraction of sp³-hybridized carbons (Fsp3) is 0.136. The van der Waals surface area contributed by atoms with Gasteiger partial charge in [-0.25, -0.2) is 0 Å². The number of hydrogen-bond acceptors (Lipinski definition) is 1. The van der Waals surface area contributed by atoms with E-state index in [1.165, 1.54) is 16.7 Å². The van der Waals surface area contributed by atoms with Crippen LogP contribution < -0.4 is 4.90 Å². The second-order valence-corrected chi connectivity index (χ2v) is 6.72. The fourth-order valence-electron chi connectivity index (χ4n) is 4.38. The molecule has 5 rings (SSSR count). The van der Waals surface area contributed by atoms with Gasteiger partial charge in [0.05, 0.1) is 0 Å². The van der Waals surface area contributed by atoms with Crippen molar-refractivity contribution in [1.82, 2.24) is 0 Å². The number of carbonyl (C=O) groups is 1. The third-order valence-electron chi connectivity index (χ3n) is 5.36. The average Bonchev–Trinajstić information content (AvgIpc) is 3.08. The number of anilines is 1. The Bertz CT molecular complexity index is 976. The molecule has 0 aromatic heterocycles. The van der Waals surface area contributed by atoms with Gasteiger partial charge in [0, 0.05) is 17.7 Å². The van der Waals surface area contributed by atoms with Crippen LogP contribution in [0.15, 0.2) is 72.8 Å². The van der Waals surface area contributed by atoms with Gasteiger partial charge in [-0.2, -0.15) is 0 Å². The molecule has 0 unspecified atom stereocenters. The highest BCUT2D eigenvalue weighted by Gasteiger charge is 2.55. The third-order valence-corrected chi connectivity index (χ3v) is 5.36. The zero-order valence-corrected chi connectivity index (χ0v) is 13.5. The van der Waals surface area contributed by atoms with E-state index in [0.29, 0.717) is 0 Å². The normalized spacial score (nSPS) is 20.7.